The molecule has 1 aromatic heterocycles. The Bertz CT molecular complexity index is 802. The lowest BCUT2D eigenvalue weighted by Gasteiger charge is -2.02. The Morgan fingerprint density at radius 1 is 0.895 bits per heavy atom. The van der Waals surface area contributed by atoms with Crippen molar-refractivity contribution in [1.29, 1.82) is 10.5 Å². The molecule has 0 N–H and O–H groups in total. The molecule has 0 aliphatic heterocycles. The second-order valence-electron chi connectivity index (χ2n) is 4.43. The fourth-order valence-electron chi connectivity index (χ4n) is 2.57. The summed E-state index contributed by atoms with van der Waals surface area (Å²) in [5.74, 6) is 0. The first-order chi connectivity index (χ1) is 9.28. The van der Waals surface area contributed by atoms with Crippen LogP contribution in [0.15, 0.2) is 36.4 Å². The maximum Gasteiger partial charge on any atom is 0.0992 e. The first-order valence-corrected chi connectivity index (χ1v) is 6.14. The van der Waals surface area contributed by atoms with Gasteiger partial charge in [0.25, 0.3) is 0 Å². The zero-order chi connectivity index (χ0) is 13.4. The molecular weight excluding hydrogens is 234 g/mol. The average molecular weight is 245 g/mol. The minimum Gasteiger partial charge on any atom is -0.341 e. The van der Waals surface area contributed by atoms with Gasteiger partial charge in [0.05, 0.1) is 34.3 Å². The fourth-order valence-corrected chi connectivity index (χ4v) is 2.57. The van der Waals surface area contributed by atoms with Crippen molar-refractivity contribution in [3.8, 4) is 12.1 Å². The highest BCUT2D eigenvalue weighted by molar-refractivity contribution is 6.08. The van der Waals surface area contributed by atoms with Gasteiger partial charge in [-0.3, -0.25) is 0 Å². The molecular formula is C16H11N3. The predicted molar refractivity (Wildman–Crippen MR) is 74.5 cm³/mol. The zero-order valence-electron chi connectivity index (χ0n) is 10.5. The van der Waals surface area contributed by atoms with Crippen LogP contribution in [0.2, 0.25) is 0 Å². The molecule has 0 saturated heterocycles. The van der Waals surface area contributed by atoms with Crippen LogP contribution in [0.25, 0.3) is 21.8 Å². The van der Waals surface area contributed by atoms with Gasteiger partial charge in [-0.25, -0.2) is 0 Å². The van der Waals surface area contributed by atoms with E-state index in [0.29, 0.717) is 11.1 Å². The van der Waals surface area contributed by atoms with E-state index in [4.69, 9.17) is 10.5 Å². The predicted octanol–water partition coefficient (Wildman–Crippen LogP) is 3.56. The molecule has 0 bridgehead atoms. The highest BCUT2D eigenvalue weighted by atomic mass is 15.0. The molecule has 0 radical (unpaired) electrons. The van der Waals surface area contributed by atoms with Crippen LogP contribution in [0.3, 0.4) is 0 Å². The summed E-state index contributed by atoms with van der Waals surface area (Å²) in [6.07, 6.45) is 0. The lowest BCUT2D eigenvalue weighted by Crippen LogP contribution is -1.93. The number of aromatic nitrogens is 1. The van der Waals surface area contributed by atoms with Gasteiger partial charge in [0.2, 0.25) is 0 Å². The first-order valence-electron chi connectivity index (χ1n) is 6.14. The average Bonchev–Trinajstić information content (AvgIpc) is 2.78. The second-order valence-corrected chi connectivity index (χ2v) is 4.43. The Morgan fingerprint density at radius 2 is 1.37 bits per heavy atom. The van der Waals surface area contributed by atoms with Gasteiger partial charge in [-0.15, -0.1) is 0 Å². The number of hydrogen-bond acceptors (Lipinski definition) is 2. The minimum atomic E-state index is 0.658. The van der Waals surface area contributed by atoms with Crippen molar-refractivity contribution in [2.24, 2.45) is 0 Å². The summed E-state index contributed by atoms with van der Waals surface area (Å²) in [6.45, 7) is 2.88. The molecule has 0 atom stereocenters. The van der Waals surface area contributed by atoms with E-state index in [0.717, 1.165) is 28.4 Å². The summed E-state index contributed by atoms with van der Waals surface area (Å²) >= 11 is 0. The third-order valence-electron chi connectivity index (χ3n) is 3.44. The normalized spacial score (nSPS) is 10.5. The van der Waals surface area contributed by atoms with Crippen LogP contribution < -0.4 is 0 Å². The largest absolute Gasteiger partial charge is 0.341 e. The van der Waals surface area contributed by atoms with Crippen molar-refractivity contribution in [3.63, 3.8) is 0 Å². The number of rotatable bonds is 1. The van der Waals surface area contributed by atoms with E-state index in [9.17, 15) is 0 Å². The third-order valence-corrected chi connectivity index (χ3v) is 3.44. The van der Waals surface area contributed by atoms with Gasteiger partial charge in [-0.2, -0.15) is 10.5 Å². The maximum absolute atomic E-state index is 9.02. The van der Waals surface area contributed by atoms with Gasteiger partial charge in [-0.05, 0) is 31.2 Å². The van der Waals surface area contributed by atoms with Crippen LogP contribution >= 0.6 is 0 Å². The van der Waals surface area contributed by atoms with E-state index in [1.54, 1.807) is 0 Å². The van der Waals surface area contributed by atoms with Crippen molar-refractivity contribution in [2.45, 2.75) is 13.5 Å². The van der Waals surface area contributed by atoms with E-state index in [1.807, 2.05) is 36.4 Å². The Kier molecular flexibility index (Phi) is 2.47. The van der Waals surface area contributed by atoms with Gasteiger partial charge in [0, 0.05) is 17.3 Å². The molecule has 0 saturated carbocycles. The fraction of sp³-hybridized carbons (Fsp3) is 0.125. The Balaban J connectivity index is 2.51. The molecule has 0 fully saturated rings. The lowest BCUT2D eigenvalue weighted by atomic mass is 10.1. The Labute approximate surface area is 110 Å². The quantitative estimate of drug-likeness (QED) is 0.658. The van der Waals surface area contributed by atoms with Crippen LogP contribution in [-0.2, 0) is 6.54 Å². The van der Waals surface area contributed by atoms with Gasteiger partial charge in [0.1, 0.15) is 0 Å². The molecule has 1 heterocycles. The van der Waals surface area contributed by atoms with Gasteiger partial charge < -0.3 is 4.57 Å². The number of nitrogens with zero attached hydrogens (tertiary/aromatic N) is 3. The Morgan fingerprint density at radius 3 is 1.74 bits per heavy atom. The van der Waals surface area contributed by atoms with Crippen LogP contribution in [0.5, 0.6) is 0 Å². The van der Waals surface area contributed by atoms with Gasteiger partial charge in [0.15, 0.2) is 0 Å². The Hall–Kier alpha value is -2.78. The smallest absolute Gasteiger partial charge is 0.0992 e. The van der Waals surface area contributed by atoms with Crippen LogP contribution in [0.4, 0.5) is 0 Å². The summed E-state index contributed by atoms with van der Waals surface area (Å²) < 4.78 is 2.15. The zero-order valence-corrected chi connectivity index (χ0v) is 10.5. The van der Waals surface area contributed by atoms with E-state index in [2.05, 4.69) is 23.6 Å². The van der Waals surface area contributed by atoms with Crippen molar-refractivity contribution in [3.05, 3.63) is 47.5 Å². The summed E-state index contributed by atoms with van der Waals surface area (Å²) in [4.78, 5) is 0. The molecule has 90 valence electrons. The van der Waals surface area contributed by atoms with E-state index >= 15 is 0 Å². The van der Waals surface area contributed by atoms with Crippen molar-refractivity contribution in [1.82, 2.24) is 4.57 Å². The van der Waals surface area contributed by atoms with E-state index < -0.39 is 0 Å². The van der Waals surface area contributed by atoms with Crippen LogP contribution in [-0.4, -0.2) is 4.57 Å². The summed E-state index contributed by atoms with van der Waals surface area (Å²) in [6, 6.07) is 15.8. The lowest BCUT2D eigenvalue weighted by molar-refractivity contribution is 0.827. The van der Waals surface area contributed by atoms with Gasteiger partial charge >= 0.3 is 0 Å². The number of benzene rings is 2. The summed E-state index contributed by atoms with van der Waals surface area (Å²) in [5, 5.41) is 20.3. The van der Waals surface area contributed by atoms with E-state index in [-0.39, 0.29) is 0 Å². The highest BCUT2D eigenvalue weighted by Gasteiger charge is 2.10. The summed E-state index contributed by atoms with van der Waals surface area (Å²) in [7, 11) is 0. The molecule has 0 aliphatic rings. The monoisotopic (exact) mass is 245 g/mol. The molecule has 2 aromatic carbocycles. The maximum atomic E-state index is 9.02. The molecule has 3 aromatic rings. The molecule has 0 aliphatic carbocycles. The van der Waals surface area contributed by atoms with Crippen molar-refractivity contribution >= 4 is 21.8 Å². The molecule has 3 rings (SSSR count). The third kappa shape index (κ3) is 1.57. The van der Waals surface area contributed by atoms with Crippen LogP contribution in [0, 0.1) is 22.7 Å². The summed E-state index contributed by atoms with van der Waals surface area (Å²) in [5.41, 5.74) is 3.41. The van der Waals surface area contributed by atoms with E-state index in [1.165, 1.54) is 0 Å². The number of nitriles is 2. The molecule has 0 amide bonds. The first kappa shape index (κ1) is 11.3. The minimum absolute atomic E-state index is 0.658. The number of hydrogen-bond donors (Lipinski definition) is 0. The standard InChI is InChI=1S/C16H11N3/c1-2-19-15-7-11(9-17)3-5-13(15)14-6-4-12(10-18)8-16(14)19/h3-8H,2H2,1H3. The van der Waals surface area contributed by atoms with Crippen LogP contribution in [0.1, 0.15) is 18.1 Å². The molecule has 3 heteroatoms. The molecule has 0 unspecified atom stereocenters. The molecule has 19 heavy (non-hydrogen) atoms. The van der Waals surface area contributed by atoms with Crippen molar-refractivity contribution in [2.75, 3.05) is 0 Å². The van der Waals surface area contributed by atoms with Gasteiger partial charge in [-0.1, -0.05) is 12.1 Å². The molecule has 0 spiro atoms. The second kappa shape index (κ2) is 4.15. The van der Waals surface area contributed by atoms with Crippen molar-refractivity contribution < 1.29 is 0 Å². The molecule has 3 nitrogen and oxygen atoms in total. The SMILES string of the molecule is CCn1c2cc(C#N)ccc2c2ccc(C#N)cc21. The topological polar surface area (TPSA) is 52.5 Å². The number of aryl methyl sites for hydroxylation is 1. The highest BCUT2D eigenvalue weighted by Crippen LogP contribution is 2.30. The number of fused-ring (bicyclic) bond motifs is 3.